The third-order valence-corrected chi connectivity index (χ3v) is 4.57. The lowest BCUT2D eigenvalue weighted by Crippen LogP contribution is -2.22. The molecule has 3 aromatic carbocycles. The summed E-state index contributed by atoms with van der Waals surface area (Å²) >= 11 is 0. The zero-order chi connectivity index (χ0) is 20.6. The van der Waals surface area contributed by atoms with Crippen LogP contribution in [-0.4, -0.2) is 25.6 Å². The molecule has 0 aliphatic rings. The van der Waals surface area contributed by atoms with Gasteiger partial charge in [-0.05, 0) is 41.8 Å². The lowest BCUT2D eigenvalue weighted by molar-refractivity contribution is -0.142. The van der Waals surface area contributed by atoms with Crippen molar-refractivity contribution >= 4 is 17.6 Å². The summed E-state index contributed by atoms with van der Waals surface area (Å²) < 4.78 is 9.97. The van der Waals surface area contributed by atoms with E-state index in [4.69, 9.17) is 4.74 Å². The summed E-state index contributed by atoms with van der Waals surface area (Å²) in [4.78, 5) is 24.4. The number of carbonyl (C=O) groups excluding carboxylic acids is 2. The number of carbonyl (C=O) groups is 2. The predicted molar refractivity (Wildman–Crippen MR) is 112 cm³/mol. The first kappa shape index (κ1) is 20.1. The number of ether oxygens (including phenoxy) is 2. The fourth-order valence-corrected chi connectivity index (χ4v) is 3.06. The number of methoxy groups -OCH3 is 1. The quantitative estimate of drug-likeness (QED) is 0.612. The monoisotopic (exact) mass is 389 g/mol. The standard InChI is InChI=1S/C24H23NO4/c1-17-15-20(29-16-22(26)28-2)13-14-21(17)25-24(27)23(18-9-5-3-6-10-18)19-11-7-4-8-12-19/h3-15,23H,16H2,1-2H3,(H,25,27). The lowest BCUT2D eigenvalue weighted by atomic mass is 9.90. The minimum atomic E-state index is -0.450. The molecule has 0 spiro atoms. The van der Waals surface area contributed by atoms with E-state index < -0.39 is 11.9 Å². The molecule has 3 rings (SSSR count). The van der Waals surface area contributed by atoms with E-state index in [9.17, 15) is 9.59 Å². The van der Waals surface area contributed by atoms with Crippen molar-refractivity contribution in [2.24, 2.45) is 0 Å². The Bertz CT molecular complexity index is 931. The van der Waals surface area contributed by atoms with E-state index in [1.807, 2.05) is 67.6 Å². The lowest BCUT2D eigenvalue weighted by Gasteiger charge is -2.19. The second-order valence-corrected chi connectivity index (χ2v) is 6.59. The molecule has 0 radical (unpaired) electrons. The summed E-state index contributed by atoms with van der Waals surface area (Å²) in [6.45, 7) is 1.71. The van der Waals surface area contributed by atoms with Gasteiger partial charge in [0.1, 0.15) is 5.75 Å². The molecule has 0 saturated carbocycles. The van der Waals surface area contributed by atoms with Gasteiger partial charge in [-0.3, -0.25) is 4.79 Å². The molecule has 0 unspecified atom stereocenters. The summed E-state index contributed by atoms with van der Waals surface area (Å²) in [5, 5.41) is 3.02. The van der Waals surface area contributed by atoms with Gasteiger partial charge < -0.3 is 14.8 Å². The zero-order valence-corrected chi connectivity index (χ0v) is 16.4. The SMILES string of the molecule is COC(=O)COc1ccc(NC(=O)C(c2ccccc2)c2ccccc2)c(C)c1. The van der Waals surface area contributed by atoms with Crippen molar-refractivity contribution in [3.63, 3.8) is 0 Å². The van der Waals surface area contributed by atoms with Crippen LogP contribution in [0.1, 0.15) is 22.6 Å². The van der Waals surface area contributed by atoms with E-state index in [0.29, 0.717) is 11.4 Å². The van der Waals surface area contributed by atoms with Crippen LogP contribution in [0.15, 0.2) is 78.9 Å². The molecule has 3 aromatic rings. The van der Waals surface area contributed by atoms with E-state index >= 15 is 0 Å². The highest BCUT2D eigenvalue weighted by atomic mass is 16.6. The van der Waals surface area contributed by atoms with Gasteiger partial charge in [0.05, 0.1) is 13.0 Å². The van der Waals surface area contributed by atoms with Crippen molar-refractivity contribution in [1.29, 1.82) is 0 Å². The molecule has 1 N–H and O–H groups in total. The molecule has 148 valence electrons. The maximum atomic E-state index is 13.2. The minimum Gasteiger partial charge on any atom is -0.482 e. The second kappa shape index (κ2) is 9.55. The Morgan fingerprint density at radius 3 is 2.00 bits per heavy atom. The summed E-state index contributed by atoms with van der Waals surface area (Å²) in [5.41, 5.74) is 3.37. The Morgan fingerprint density at radius 2 is 1.48 bits per heavy atom. The highest BCUT2D eigenvalue weighted by molar-refractivity contribution is 5.98. The summed E-state index contributed by atoms with van der Waals surface area (Å²) in [5.74, 6) is -0.456. The van der Waals surface area contributed by atoms with E-state index in [-0.39, 0.29) is 12.5 Å². The molecule has 0 atom stereocenters. The van der Waals surface area contributed by atoms with Crippen molar-refractivity contribution in [3.05, 3.63) is 95.6 Å². The highest BCUT2D eigenvalue weighted by Gasteiger charge is 2.23. The Kier molecular flexibility index (Phi) is 6.63. The topological polar surface area (TPSA) is 64.6 Å². The van der Waals surface area contributed by atoms with Crippen LogP contribution in [0.4, 0.5) is 5.69 Å². The third-order valence-electron chi connectivity index (χ3n) is 4.57. The first-order valence-corrected chi connectivity index (χ1v) is 9.29. The Balaban J connectivity index is 1.80. The number of amides is 1. The molecule has 5 heteroatoms. The van der Waals surface area contributed by atoms with E-state index in [2.05, 4.69) is 10.1 Å². The molecule has 1 amide bonds. The van der Waals surface area contributed by atoms with Crippen molar-refractivity contribution in [2.75, 3.05) is 19.0 Å². The van der Waals surface area contributed by atoms with Crippen molar-refractivity contribution in [3.8, 4) is 5.75 Å². The fourth-order valence-electron chi connectivity index (χ4n) is 3.06. The zero-order valence-electron chi connectivity index (χ0n) is 16.4. The number of esters is 1. The van der Waals surface area contributed by atoms with Gasteiger partial charge >= 0.3 is 5.97 Å². The Labute approximate surface area is 170 Å². The molecule has 0 fully saturated rings. The van der Waals surface area contributed by atoms with Crippen molar-refractivity contribution < 1.29 is 19.1 Å². The van der Waals surface area contributed by atoms with E-state index in [1.165, 1.54) is 7.11 Å². The van der Waals surface area contributed by atoms with Gasteiger partial charge in [-0.15, -0.1) is 0 Å². The van der Waals surface area contributed by atoms with Gasteiger partial charge in [0.15, 0.2) is 6.61 Å². The average molecular weight is 389 g/mol. The largest absolute Gasteiger partial charge is 0.482 e. The molecule has 29 heavy (non-hydrogen) atoms. The molecule has 5 nitrogen and oxygen atoms in total. The van der Waals surface area contributed by atoms with Crippen molar-refractivity contribution in [1.82, 2.24) is 0 Å². The Hall–Kier alpha value is -3.60. The minimum absolute atomic E-state index is 0.117. The van der Waals surface area contributed by atoms with Crippen LogP contribution < -0.4 is 10.1 Å². The number of aryl methyl sites for hydroxylation is 1. The van der Waals surface area contributed by atoms with Crippen LogP contribution in [0.25, 0.3) is 0 Å². The number of benzene rings is 3. The fraction of sp³-hybridized carbons (Fsp3) is 0.167. The van der Waals surface area contributed by atoms with Gasteiger partial charge in [0.2, 0.25) is 5.91 Å². The molecule has 0 aliphatic heterocycles. The van der Waals surface area contributed by atoms with Crippen LogP contribution in [0.2, 0.25) is 0 Å². The first-order valence-electron chi connectivity index (χ1n) is 9.29. The normalized spacial score (nSPS) is 10.4. The molecule has 0 heterocycles. The molecule has 0 bridgehead atoms. The number of hydrogen-bond acceptors (Lipinski definition) is 4. The molecule has 0 aromatic heterocycles. The Morgan fingerprint density at radius 1 is 0.897 bits per heavy atom. The highest BCUT2D eigenvalue weighted by Crippen LogP contribution is 2.28. The second-order valence-electron chi connectivity index (χ2n) is 6.59. The molecule has 0 aliphatic carbocycles. The maximum absolute atomic E-state index is 13.2. The van der Waals surface area contributed by atoms with Crippen LogP contribution >= 0.6 is 0 Å². The van der Waals surface area contributed by atoms with Crippen LogP contribution in [0.5, 0.6) is 5.75 Å². The molecular weight excluding hydrogens is 366 g/mol. The number of hydrogen-bond donors (Lipinski definition) is 1. The molecule has 0 saturated heterocycles. The van der Waals surface area contributed by atoms with Crippen LogP contribution in [0, 0.1) is 6.92 Å². The van der Waals surface area contributed by atoms with Crippen LogP contribution in [0.3, 0.4) is 0 Å². The van der Waals surface area contributed by atoms with Gasteiger partial charge in [0, 0.05) is 5.69 Å². The van der Waals surface area contributed by atoms with Gasteiger partial charge in [-0.25, -0.2) is 4.79 Å². The van der Waals surface area contributed by atoms with E-state index in [0.717, 1.165) is 16.7 Å². The van der Waals surface area contributed by atoms with E-state index in [1.54, 1.807) is 18.2 Å². The maximum Gasteiger partial charge on any atom is 0.343 e. The predicted octanol–water partition coefficient (Wildman–Crippen LogP) is 4.32. The summed E-state index contributed by atoms with van der Waals surface area (Å²) in [6, 6.07) is 24.6. The van der Waals surface area contributed by atoms with Gasteiger partial charge in [-0.2, -0.15) is 0 Å². The number of nitrogens with one attached hydrogen (secondary N) is 1. The first-order chi connectivity index (χ1) is 14.1. The summed E-state index contributed by atoms with van der Waals surface area (Å²) in [6.07, 6.45) is 0. The molecular formula is C24H23NO4. The van der Waals surface area contributed by atoms with Gasteiger partial charge in [0.25, 0.3) is 0 Å². The third kappa shape index (κ3) is 5.23. The summed E-state index contributed by atoms with van der Waals surface area (Å²) in [7, 11) is 1.31. The van der Waals surface area contributed by atoms with Crippen molar-refractivity contribution in [2.45, 2.75) is 12.8 Å². The van der Waals surface area contributed by atoms with Gasteiger partial charge in [-0.1, -0.05) is 60.7 Å². The van der Waals surface area contributed by atoms with Crippen LogP contribution in [-0.2, 0) is 14.3 Å². The number of rotatable bonds is 7. The number of anilines is 1. The smallest absolute Gasteiger partial charge is 0.343 e. The average Bonchev–Trinajstić information content (AvgIpc) is 2.75.